The summed E-state index contributed by atoms with van der Waals surface area (Å²) in [7, 11) is 0. The Balaban J connectivity index is 1.61. The summed E-state index contributed by atoms with van der Waals surface area (Å²) in [5.74, 6) is 0.291. The minimum Gasteiger partial charge on any atom is -0.477 e. The largest absolute Gasteiger partial charge is 0.477 e. The Morgan fingerprint density at radius 2 is 1.59 bits per heavy atom. The van der Waals surface area contributed by atoms with Crippen LogP contribution < -0.4 is 4.74 Å². The topological polar surface area (TPSA) is 35.0 Å². The van der Waals surface area contributed by atoms with E-state index in [4.69, 9.17) is 4.74 Å². The van der Waals surface area contributed by atoms with Gasteiger partial charge in [0, 0.05) is 11.6 Å². The molecular formula is C24H32F2N2O. The maximum Gasteiger partial charge on any atom is 0.233 e. The smallest absolute Gasteiger partial charge is 0.233 e. The highest BCUT2D eigenvalue weighted by molar-refractivity contribution is 5.60. The zero-order valence-electron chi connectivity index (χ0n) is 17.6. The molecule has 0 saturated heterocycles. The van der Waals surface area contributed by atoms with Gasteiger partial charge in [-0.15, -0.1) is 10.2 Å². The number of hydrogen-bond donors (Lipinski definition) is 0. The second kappa shape index (κ2) is 10.7. The number of benzene rings is 1. The molecule has 3 nitrogen and oxygen atoms in total. The molecule has 0 N–H and O–H groups in total. The van der Waals surface area contributed by atoms with Crippen molar-refractivity contribution in [2.45, 2.75) is 71.6 Å². The van der Waals surface area contributed by atoms with E-state index < -0.39 is 11.6 Å². The lowest BCUT2D eigenvalue weighted by molar-refractivity contribution is 0.251. The highest BCUT2D eigenvalue weighted by Gasteiger charge is 2.22. The fraction of sp³-hybridized carbons (Fsp3) is 0.583. The predicted molar refractivity (Wildman–Crippen MR) is 112 cm³/mol. The molecule has 1 heterocycles. The Morgan fingerprint density at radius 1 is 0.862 bits per heavy atom. The van der Waals surface area contributed by atoms with Crippen molar-refractivity contribution in [3.05, 3.63) is 41.5 Å². The van der Waals surface area contributed by atoms with E-state index in [1.54, 1.807) is 24.3 Å². The Hall–Kier alpha value is -2.04. The minimum absolute atomic E-state index is 0.140. The molecule has 0 aliphatic heterocycles. The van der Waals surface area contributed by atoms with E-state index in [9.17, 15) is 8.78 Å². The van der Waals surface area contributed by atoms with Crippen LogP contribution in [0.4, 0.5) is 8.78 Å². The first-order valence-electron chi connectivity index (χ1n) is 11.1. The highest BCUT2D eigenvalue weighted by Crippen LogP contribution is 2.34. The lowest BCUT2D eigenvalue weighted by Gasteiger charge is -2.28. The molecule has 3 rings (SSSR count). The summed E-state index contributed by atoms with van der Waals surface area (Å²) in [6.45, 7) is 4.79. The van der Waals surface area contributed by atoms with E-state index in [1.807, 2.05) is 6.92 Å². The average molecular weight is 403 g/mol. The monoisotopic (exact) mass is 402 g/mol. The molecule has 0 spiro atoms. The molecular weight excluding hydrogens is 370 g/mol. The number of halogens is 2. The molecule has 0 radical (unpaired) electrons. The molecule has 1 aromatic heterocycles. The molecule has 2 aromatic rings. The highest BCUT2D eigenvalue weighted by atomic mass is 19.2. The van der Waals surface area contributed by atoms with Gasteiger partial charge in [-0.25, -0.2) is 8.78 Å². The third kappa shape index (κ3) is 5.74. The average Bonchev–Trinajstić information content (AvgIpc) is 2.75. The van der Waals surface area contributed by atoms with Crippen LogP contribution in [0.1, 0.15) is 70.8 Å². The molecule has 1 saturated carbocycles. The molecule has 1 aliphatic carbocycles. The number of aromatic nitrogens is 2. The van der Waals surface area contributed by atoms with E-state index in [0.717, 1.165) is 18.8 Å². The number of rotatable bonds is 9. The summed E-state index contributed by atoms with van der Waals surface area (Å²) in [4.78, 5) is 0. The SMILES string of the molecule is CCCOc1ccc(-c2ccc(CCC3CCC(CCC)CC3)c(F)c2F)nn1. The molecule has 158 valence electrons. The van der Waals surface area contributed by atoms with Crippen molar-refractivity contribution in [2.24, 2.45) is 11.8 Å². The molecule has 5 heteroatoms. The molecule has 1 aromatic carbocycles. The van der Waals surface area contributed by atoms with Crippen molar-refractivity contribution in [3.8, 4) is 17.1 Å². The molecule has 29 heavy (non-hydrogen) atoms. The van der Waals surface area contributed by atoms with Crippen molar-refractivity contribution in [3.63, 3.8) is 0 Å². The van der Waals surface area contributed by atoms with Gasteiger partial charge in [0.15, 0.2) is 11.6 Å². The number of aryl methyl sites for hydroxylation is 1. The van der Waals surface area contributed by atoms with Crippen LogP contribution in [0.15, 0.2) is 24.3 Å². The molecule has 0 unspecified atom stereocenters. The second-order valence-corrected chi connectivity index (χ2v) is 8.22. The summed E-state index contributed by atoms with van der Waals surface area (Å²) >= 11 is 0. The third-order valence-corrected chi connectivity index (χ3v) is 6.02. The van der Waals surface area contributed by atoms with Gasteiger partial charge in [0.2, 0.25) is 5.88 Å². The quantitative estimate of drug-likeness (QED) is 0.465. The van der Waals surface area contributed by atoms with Crippen LogP contribution in [-0.4, -0.2) is 16.8 Å². The van der Waals surface area contributed by atoms with Gasteiger partial charge < -0.3 is 4.74 Å². The van der Waals surface area contributed by atoms with Gasteiger partial charge in [-0.3, -0.25) is 0 Å². The van der Waals surface area contributed by atoms with Crippen LogP contribution in [0, 0.1) is 23.5 Å². The van der Waals surface area contributed by atoms with E-state index in [0.29, 0.717) is 36.1 Å². The molecule has 0 amide bonds. The van der Waals surface area contributed by atoms with Gasteiger partial charge in [-0.05, 0) is 48.8 Å². The first kappa shape index (κ1) is 21.7. The summed E-state index contributed by atoms with van der Waals surface area (Å²) in [5, 5.41) is 7.93. The van der Waals surface area contributed by atoms with Crippen molar-refractivity contribution in [1.29, 1.82) is 0 Å². The first-order chi connectivity index (χ1) is 14.1. The van der Waals surface area contributed by atoms with E-state index in [1.165, 1.54) is 38.5 Å². The van der Waals surface area contributed by atoms with Crippen LogP contribution in [0.3, 0.4) is 0 Å². The van der Waals surface area contributed by atoms with E-state index >= 15 is 0 Å². The standard InChI is InChI=1S/C24H32F2N2O/c1-3-5-17-6-8-18(9-7-17)10-11-19-12-13-20(24(26)23(19)25)21-14-15-22(28-27-21)29-16-4-2/h12-15,17-18H,3-11,16H2,1-2H3. The number of nitrogens with zero attached hydrogens (tertiary/aromatic N) is 2. The van der Waals surface area contributed by atoms with Crippen molar-refractivity contribution in [2.75, 3.05) is 6.61 Å². The van der Waals surface area contributed by atoms with E-state index in [2.05, 4.69) is 17.1 Å². The van der Waals surface area contributed by atoms with Gasteiger partial charge >= 0.3 is 0 Å². The van der Waals surface area contributed by atoms with Crippen molar-refractivity contribution >= 4 is 0 Å². The van der Waals surface area contributed by atoms with Gasteiger partial charge in [-0.1, -0.05) is 58.4 Å². The van der Waals surface area contributed by atoms with E-state index in [-0.39, 0.29) is 5.56 Å². The fourth-order valence-corrected chi connectivity index (χ4v) is 4.30. The summed E-state index contributed by atoms with van der Waals surface area (Å²) in [6, 6.07) is 6.56. The Bertz CT molecular complexity index is 771. The maximum atomic E-state index is 14.7. The number of hydrogen-bond acceptors (Lipinski definition) is 3. The zero-order valence-corrected chi connectivity index (χ0v) is 17.6. The predicted octanol–water partition coefficient (Wildman–Crippen LogP) is 6.75. The minimum atomic E-state index is -0.842. The molecule has 1 fully saturated rings. The Labute approximate surface area is 172 Å². The van der Waals surface area contributed by atoms with Crippen molar-refractivity contribution < 1.29 is 13.5 Å². The zero-order chi connectivity index (χ0) is 20.6. The van der Waals surface area contributed by atoms with Crippen LogP contribution in [0.2, 0.25) is 0 Å². The maximum absolute atomic E-state index is 14.7. The van der Waals surface area contributed by atoms with Gasteiger partial charge in [0.25, 0.3) is 0 Å². The Morgan fingerprint density at radius 3 is 2.21 bits per heavy atom. The molecule has 1 aliphatic rings. The molecule has 0 atom stereocenters. The van der Waals surface area contributed by atoms with Gasteiger partial charge in [0.05, 0.1) is 12.3 Å². The van der Waals surface area contributed by atoms with Crippen LogP contribution in [0.25, 0.3) is 11.3 Å². The first-order valence-corrected chi connectivity index (χ1v) is 11.1. The second-order valence-electron chi connectivity index (χ2n) is 8.22. The molecule has 0 bridgehead atoms. The summed E-state index contributed by atoms with van der Waals surface area (Å²) in [5.41, 5.74) is 0.907. The van der Waals surface area contributed by atoms with Gasteiger partial charge in [0.1, 0.15) is 0 Å². The summed E-state index contributed by atoms with van der Waals surface area (Å²) in [6.07, 6.45) is 9.96. The lowest BCUT2D eigenvalue weighted by atomic mass is 9.78. The lowest BCUT2D eigenvalue weighted by Crippen LogP contribution is -2.15. The summed E-state index contributed by atoms with van der Waals surface area (Å²) < 4.78 is 34.7. The number of ether oxygens (including phenoxy) is 1. The van der Waals surface area contributed by atoms with Gasteiger partial charge in [-0.2, -0.15) is 0 Å². The normalized spacial score (nSPS) is 19.3. The third-order valence-electron chi connectivity index (χ3n) is 6.02. The van der Waals surface area contributed by atoms with Crippen LogP contribution >= 0.6 is 0 Å². The Kier molecular flexibility index (Phi) is 7.96. The fourth-order valence-electron chi connectivity index (χ4n) is 4.30. The van der Waals surface area contributed by atoms with Crippen LogP contribution in [0.5, 0.6) is 5.88 Å². The van der Waals surface area contributed by atoms with Crippen molar-refractivity contribution in [1.82, 2.24) is 10.2 Å². The van der Waals surface area contributed by atoms with Crippen LogP contribution in [-0.2, 0) is 6.42 Å².